The lowest BCUT2D eigenvalue weighted by atomic mass is 9.99. The number of hydrogen-bond acceptors (Lipinski definition) is 6. The number of β-amino-alcohol motifs (C(OH)–C–C–N with tert-alkyl or cyclic N) is 1. The Morgan fingerprint density at radius 1 is 1.17 bits per heavy atom. The lowest BCUT2D eigenvalue weighted by Gasteiger charge is -2.25. The van der Waals surface area contributed by atoms with Crippen molar-refractivity contribution in [1.82, 2.24) is 9.88 Å². The lowest BCUT2D eigenvalue weighted by molar-refractivity contribution is 0.0417. The van der Waals surface area contributed by atoms with Crippen LogP contribution in [-0.4, -0.2) is 61.5 Å². The van der Waals surface area contributed by atoms with Crippen LogP contribution in [0.25, 0.3) is 11.3 Å². The standard InChI is InChI=1S/C22H30N2O4S/c1-16-12-24(15-22(2,3)25)13-18(16)14-28-19-7-5-17(6-8-19)21-10-9-20(11-23-21)29(4,26)27/h5-11,16,18,25H,12-15H2,1-4H3. The van der Waals surface area contributed by atoms with E-state index >= 15 is 0 Å². The molecule has 2 atom stereocenters. The molecule has 0 bridgehead atoms. The van der Waals surface area contributed by atoms with Gasteiger partial charge in [-0.1, -0.05) is 6.92 Å². The summed E-state index contributed by atoms with van der Waals surface area (Å²) in [5.74, 6) is 1.76. The first-order chi connectivity index (χ1) is 13.5. The number of pyridine rings is 1. The molecule has 2 heterocycles. The van der Waals surface area contributed by atoms with Gasteiger partial charge >= 0.3 is 0 Å². The van der Waals surface area contributed by atoms with Crippen molar-refractivity contribution in [1.29, 1.82) is 0 Å². The summed E-state index contributed by atoms with van der Waals surface area (Å²) in [5, 5.41) is 10.0. The van der Waals surface area contributed by atoms with Gasteiger partial charge in [0.05, 0.1) is 22.8 Å². The van der Waals surface area contributed by atoms with Crippen LogP contribution < -0.4 is 4.74 Å². The van der Waals surface area contributed by atoms with E-state index in [4.69, 9.17) is 4.74 Å². The minimum atomic E-state index is -3.24. The summed E-state index contributed by atoms with van der Waals surface area (Å²) in [7, 11) is -3.24. The molecule has 158 valence electrons. The van der Waals surface area contributed by atoms with E-state index in [-0.39, 0.29) is 4.90 Å². The van der Waals surface area contributed by atoms with Crippen molar-refractivity contribution in [3.05, 3.63) is 42.6 Å². The smallest absolute Gasteiger partial charge is 0.177 e. The normalized spacial score (nSPS) is 20.7. The Kier molecular flexibility index (Phi) is 6.31. The molecule has 0 amide bonds. The van der Waals surface area contributed by atoms with E-state index < -0.39 is 15.4 Å². The average molecular weight is 419 g/mol. The van der Waals surface area contributed by atoms with Crippen LogP contribution in [0, 0.1) is 11.8 Å². The number of benzene rings is 1. The SMILES string of the molecule is CC1CN(CC(C)(C)O)CC1COc1ccc(-c2ccc(S(C)(=O)=O)cn2)cc1. The Labute approximate surface area is 173 Å². The molecule has 3 rings (SSSR count). The maximum absolute atomic E-state index is 11.5. The van der Waals surface area contributed by atoms with Gasteiger partial charge in [0.15, 0.2) is 9.84 Å². The first-order valence-corrected chi connectivity index (χ1v) is 11.7. The molecule has 29 heavy (non-hydrogen) atoms. The summed E-state index contributed by atoms with van der Waals surface area (Å²) in [6, 6.07) is 11.0. The molecule has 1 aliphatic heterocycles. The predicted molar refractivity (Wildman–Crippen MR) is 114 cm³/mol. The van der Waals surface area contributed by atoms with Gasteiger partial charge in [0.2, 0.25) is 0 Å². The number of aliphatic hydroxyl groups is 1. The van der Waals surface area contributed by atoms with E-state index in [0.29, 0.717) is 25.0 Å². The highest BCUT2D eigenvalue weighted by atomic mass is 32.2. The van der Waals surface area contributed by atoms with Crippen LogP contribution in [-0.2, 0) is 9.84 Å². The molecule has 0 saturated carbocycles. The molecule has 6 nitrogen and oxygen atoms in total. The van der Waals surface area contributed by atoms with Crippen molar-refractivity contribution in [2.75, 3.05) is 32.5 Å². The van der Waals surface area contributed by atoms with Crippen molar-refractivity contribution in [3.8, 4) is 17.0 Å². The van der Waals surface area contributed by atoms with Crippen LogP contribution in [0.4, 0.5) is 0 Å². The third-order valence-electron chi connectivity index (χ3n) is 5.23. The van der Waals surface area contributed by atoms with Gasteiger partial charge in [-0.2, -0.15) is 0 Å². The van der Waals surface area contributed by atoms with E-state index in [0.717, 1.165) is 30.1 Å². The zero-order valence-electron chi connectivity index (χ0n) is 17.5. The Hall–Kier alpha value is -1.96. The van der Waals surface area contributed by atoms with E-state index in [9.17, 15) is 13.5 Å². The summed E-state index contributed by atoms with van der Waals surface area (Å²) < 4.78 is 29.1. The van der Waals surface area contributed by atoms with E-state index in [1.165, 1.54) is 12.5 Å². The molecule has 1 aromatic carbocycles. The van der Waals surface area contributed by atoms with Gasteiger partial charge in [0.1, 0.15) is 5.75 Å². The second-order valence-electron chi connectivity index (χ2n) is 8.73. The summed E-state index contributed by atoms with van der Waals surface area (Å²) in [5.41, 5.74) is 0.942. The second-order valence-corrected chi connectivity index (χ2v) is 10.7. The number of hydrogen-bond donors (Lipinski definition) is 1. The van der Waals surface area contributed by atoms with Crippen molar-refractivity contribution in [2.45, 2.75) is 31.3 Å². The van der Waals surface area contributed by atoms with E-state index in [2.05, 4.69) is 16.8 Å². The molecule has 0 spiro atoms. The largest absolute Gasteiger partial charge is 0.493 e. The molecule has 1 saturated heterocycles. The predicted octanol–water partition coefficient (Wildman–Crippen LogP) is 2.87. The van der Waals surface area contributed by atoms with Gasteiger partial charge in [-0.3, -0.25) is 9.88 Å². The average Bonchev–Trinajstić information content (AvgIpc) is 2.97. The zero-order chi connectivity index (χ0) is 21.2. The monoisotopic (exact) mass is 418 g/mol. The van der Waals surface area contributed by atoms with Crippen LogP contribution in [0.15, 0.2) is 47.5 Å². The zero-order valence-corrected chi connectivity index (χ0v) is 18.3. The minimum Gasteiger partial charge on any atom is -0.493 e. The summed E-state index contributed by atoms with van der Waals surface area (Å²) >= 11 is 0. The molecular weight excluding hydrogens is 388 g/mol. The molecule has 0 radical (unpaired) electrons. The number of rotatable bonds is 7. The Bertz CT molecular complexity index is 919. The quantitative estimate of drug-likeness (QED) is 0.745. The summed E-state index contributed by atoms with van der Waals surface area (Å²) in [4.78, 5) is 6.77. The molecule has 2 aromatic rings. The van der Waals surface area contributed by atoms with Crippen LogP contribution in [0.2, 0.25) is 0 Å². The van der Waals surface area contributed by atoms with Gasteiger partial charge in [-0.25, -0.2) is 8.42 Å². The first kappa shape index (κ1) is 21.7. The van der Waals surface area contributed by atoms with Gasteiger partial charge in [-0.05, 0) is 56.2 Å². The molecular formula is C22H30N2O4S. The topological polar surface area (TPSA) is 79.7 Å². The minimum absolute atomic E-state index is 0.213. The summed E-state index contributed by atoms with van der Waals surface area (Å²) in [6.45, 7) is 9.14. The van der Waals surface area contributed by atoms with Crippen LogP contribution in [0.1, 0.15) is 20.8 Å². The van der Waals surface area contributed by atoms with Crippen LogP contribution in [0.5, 0.6) is 5.75 Å². The number of ether oxygens (including phenoxy) is 1. The van der Waals surface area contributed by atoms with Gasteiger partial charge in [0, 0.05) is 43.6 Å². The fourth-order valence-corrected chi connectivity index (χ4v) is 4.29. The van der Waals surface area contributed by atoms with Gasteiger partial charge in [-0.15, -0.1) is 0 Å². The Morgan fingerprint density at radius 3 is 2.41 bits per heavy atom. The highest BCUT2D eigenvalue weighted by molar-refractivity contribution is 7.90. The van der Waals surface area contributed by atoms with Crippen molar-refractivity contribution in [2.24, 2.45) is 11.8 Å². The molecule has 1 aromatic heterocycles. The molecule has 2 unspecified atom stereocenters. The molecule has 1 aliphatic rings. The molecule has 1 N–H and O–H groups in total. The number of nitrogens with zero attached hydrogens (tertiary/aromatic N) is 2. The number of sulfone groups is 1. The maximum atomic E-state index is 11.5. The molecule has 7 heteroatoms. The molecule has 1 fully saturated rings. The van der Waals surface area contributed by atoms with Crippen LogP contribution >= 0.6 is 0 Å². The van der Waals surface area contributed by atoms with Crippen LogP contribution in [0.3, 0.4) is 0 Å². The number of likely N-dealkylation sites (tertiary alicyclic amines) is 1. The summed E-state index contributed by atoms with van der Waals surface area (Å²) in [6.07, 6.45) is 2.56. The van der Waals surface area contributed by atoms with E-state index in [1.54, 1.807) is 12.1 Å². The van der Waals surface area contributed by atoms with Crippen molar-refractivity contribution >= 4 is 9.84 Å². The Balaban J connectivity index is 1.57. The Morgan fingerprint density at radius 2 is 1.86 bits per heavy atom. The first-order valence-electron chi connectivity index (χ1n) is 9.85. The highest BCUT2D eigenvalue weighted by Gasteiger charge is 2.32. The highest BCUT2D eigenvalue weighted by Crippen LogP contribution is 2.26. The van der Waals surface area contributed by atoms with Gasteiger partial charge in [0.25, 0.3) is 0 Å². The third-order valence-corrected chi connectivity index (χ3v) is 6.33. The fraction of sp³-hybridized carbons (Fsp3) is 0.500. The third kappa shape index (κ3) is 6.01. The lowest BCUT2D eigenvalue weighted by Crippen LogP contribution is -2.37. The van der Waals surface area contributed by atoms with Crippen molar-refractivity contribution < 1.29 is 18.3 Å². The number of aromatic nitrogens is 1. The molecule has 0 aliphatic carbocycles. The fourth-order valence-electron chi connectivity index (χ4n) is 3.73. The second kappa shape index (κ2) is 8.42. The van der Waals surface area contributed by atoms with Gasteiger partial charge < -0.3 is 9.84 Å². The van der Waals surface area contributed by atoms with Crippen molar-refractivity contribution in [3.63, 3.8) is 0 Å². The maximum Gasteiger partial charge on any atom is 0.177 e. The van der Waals surface area contributed by atoms with E-state index in [1.807, 2.05) is 38.1 Å².